The summed E-state index contributed by atoms with van der Waals surface area (Å²) in [6, 6.07) is 3.60. The molecule has 0 bridgehead atoms. The van der Waals surface area contributed by atoms with Crippen molar-refractivity contribution >= 4 is 17.9 Å². The Balaban J connectivity index is 2.75. The maximum Gasteiger partial charge on any atom is 0.179 e. The molecular formula is C14H20ClNO3. The number of aldehydes is 1. The van der Waals surface area contributed by atoms with Gasteiger partial charge in [-0.3, -0.25) is 4.79 Å². The minimum Gasteiger partial charge on any atom is -0.493 e. The second-order valence-electron chi connectivity index (χ2n) is 4.60. The van der Waals surface area contributed by atoms with E-state index in [0.717, 1.165) is 12.7 Å². The number of methoxy groups -OCH3 is 1. The largest absolute Gasteiger partial charge is 0.493 e. The Morgan fingerprint density at radius 3 is 2.63 bits per heavy atom. The Morgan fingerprint density at radius 1 is 1.42 bits per heavy atom. The van der Waals surface area contributed by atoms with E-state index in [-0.39, 0.29) is 0 Å². The van der Waals surface area contributed by atoms with E-state index in [1.807, 2.05) is 14.1 Å². The lowest BCUT2D eigenvalue weighted by molar-refractivity contribution is 0.112. The molecule has 0 aliphatic carbocycles. The third-order valence-electron chi connectivity index (χ3n) is 3.05. The number of hydrogen-bond donors (Lipinski definition) is 0. The van der Waals surface area contributed by atoms with Crippen molar-refractivity contribution < 1.29 is 14.3 Å². The number of halogens is 1. The van der Waals surface area contributed by atoms with Crippen LogP contribution in [0.1, 0.15) is 23.7 Å². The van der Waals surface area contributed by atoms with Crippen LogP contribution < -0.4 is 9.47 Å². The number of nitrogens with zero attached hydrogens (tertiary/aromatic N) is 1. The van der Waals surface area contributed by atoms with Crippen molar-refractivity contribution in [3.63, 3.8) is 0 Å². The van der Waals surface area contributed by atoms with Crippen LogP contribution in [-0.2, 0) is 0 Å². The Morgan fingerprint density at radius 2 is 2.11 bits per heavy atom. The van der Waals surface area contributed by atoms with Crippen molar-refractivity contribution in [2.75, 3.05) is 27.8 Å². The molecule has 0 aromatic heterocycles. The number of rotatable bonds is 7. The molecule has 0 saturated heterocycles. The highest BCUT2D eigenvalue weighted by molar-refractivity contribution is 6.32. The molecule has 106 valence electrons. The van der Waals surface area contributed by atoms with Crippen molar-refractivity contribution in [2.24, 2.45) is 0 Å². The first kappa shape index (κ1) is 15.8. The van der Waals surface area contributed by atoms with Crippen molar-refractivity contribution in [3.8, 4) is 11.5 Å². The van der Waals surface area contributed by atoms with E-state index in [1.54, 1.807) is 12.1 Å². The predicted octanol–water partition coefficient (Wildman–Crippen LogP) is 2.88. The average Bonchev–Trinajstić information content (AvgIpc) is 2.39. The molecule has 0 fully saturated rings. The van der Waals surface area contributed by atoms with Gasteiger partial charge in [0.25, 0.3) is 0 Å². The molecule has 0 aliphatic heterocycles. The van der Waals surface area contributed by atoms with Gasteiger partial charge in [-0.25, -0.2) is 0 Å². The molecule has 1 unspecified atom stereocenters. The lowest BCUT2D eigenvalue weighted by Crippen LogP contribution is -2.26. The Kier molecular flexibility index (Phi) is 6.12. The summed E-state index contributed by atoms with van der Waals surface area (Å²) in [6.07, 6.45) is 1.61. The second-order valence-corrected chi connectivity index (χ2v) is 5.01. The maximum atomic E-state index is 10.8. The molecule has 1 aromatic rings. The monoisotopic (exact) mass is 285 g/mol. The SMILES string of the molecule is COc1cc(C=O)cc(Cl)c1OCCC(C)N(C)C. The lowest BCUT2D eigenvalue weighted by Gasteiger charge is -2.20. The van der Waals surface area contributed by atoms with Gasteiger partial charge in [0, 0.05) is 11.6 Å². The quantitative estimate of drug-likeness (QED) is 0.722. The topological polar surface area (TPSA) is 38.8 Å². The van der Waals surface area contributed by atoms with Crippen LogP contribution in [0.15, 0.2) is 12.1 Å². The summed E-state index contributed by atoms with van der Waals surface area (Å²) in [5, 5.41) is 0.388. The molecule has 0 amide bonds. The average molecular weight is 286 g/mol. The highest BCUT2D eigenvalue weighted by atomic mass is 35.5. The molecule has 0 aliphatic rings. The van der Waals surface area contributed by atoms with Gasteiger partial charge < -0.3 is 14.4 Å². The van der Waals surface area contributed by atoms with E-state index < -0.39 is 0 Å². The number of carbonyl (C=O) groups is 1. The fraction of sp³-hybridized carbons (Fsp3) is 0.500. The third-order valence-corrected chi connectivity index (χ3v) is 3.33. The van der Waals surface area contributed by atoms with Crippen LogP contribution in [0.3, 0.4) is 0 Å². The van der Waals surface area contributed by atoms with Gasteiger partial charge in [0.05, 0.1) is 18.7 Å². The number of benzene rings is 1. The standard InChI is InChI=1S/C14H20ClNO3/c1-10(16(2)3)5-6-19-14-12(15)7-11(9-17)8-13(14)18-4/h7-10H,5-6H2,1-4H3. The fourth-order valence-electron chi connectivity index (χ4n) is 1.54. The zero-order chi connectivity index (χ0) is 14.4. The normalized spacial score (nSPS) is 12.3. The first-order valence-corrected chi connectivity index (χ1v) is 6.49. The van der Waals surface area contributed by atoms with Crippen LogP contribution in [0.2, 0.25) is 5.02 Å². The predicted molar refractivity (Wildman–Crippen MR) is 76.7 cm³/mol. The minimum absolute atomic E-state index is 0.388. The first-order chi connectivity index (χ1) is 8.99. The Bertz CT molecular complexity index is 435. The molecule has 1 atom stereocenters. The van der Waals surface area contributed by atoms with Gasteiger partial charge >= 0.3 is 0 Å². The van der Waals surface area contributed by atoms with Gasteiger partial charge in [0.2, 0.25) is 0 Å². The summed E-state index contributed by atoms with van der Waals surface area (Å²) in [5.41, 5.74) is 0.468. The van der Waals surface area contributed by atoms with Gasteiger partial charge in [-0.1, -0.05) is 11.6 Å². The maximum absolute atomic E-state index is 10.8. The fourth-order valence-corrected chi connectivity index (χ4v) is 1.81. The lowest BCUT2D eigenvalue weighted by atomic mass is 10.2. The van der Waals surface area contributed by atoms with Gasteiger partial charge in [-0.2, -0.15) is 0 Å². The number of ether oxygens (including phenoxy) is 2. The summed E-state index contributed by atoms with van der Waals surface area (Å²) in [6.45, 7) is 2.66. The van der Waals surface area contributed by atoms with E-state index in [1.165, 1.54) is 7.11 Å². The summed E-state index contributed by atoms with van der Waals surface area (Å²) in [5.74, 6) is 0.966. The molecular weight excluding hydrogens is 266 g/mol. The molecule has 19 heavy (non-hydrogen) atoms. The Labute approximate surface area is 119 Å². The summed E-state index contributed by atoms with van der Waals surface area (Å²) in [4.78, 5) is 12.9. The highest BCUT2D eigenvalue weighted by Gasteiger charge is 2.13. The molecule has 4 nitrogen and oxygen atoms in total. The molecule has 1 aromatic carbocycles. The zero-order valence-corrected chi connectivity index (χ0v) is 12.5. The van der Waals surface area contributed by atoms with E-state index in [9.17, 15) is 4.79 Å². The van der Waals surface area contributed by atoms with Crippen LogP contribution in [0, 0.1) is 0 Å². The minimum atomic E-state index is 0.388. The smallest absolute Gasteiger partial charge is 0.179 e. The molecule has 1 rings (SSSR count). The highest BCUT2D eigenvalue weighted by Crippen LogP contribution is 2.36. The number of hydrogen-bond acceptors (Lipinski definition) is 4. The van der Waals surface area contributed by atoms with Crippen molar-refractivity contribution in [3.05, 3.63) is 22.7 Å². The van der Waals surface area contributed by atoms with Gasteiger partial charge in [0.15, 0.2) is 11.5 Å². The summed E-state index contributed by atoms with van der Waals surface area (Å²) >= 11 is 6.10. The molecule has 0 spiro atoms. The molecule has 0 radical (unpaired) electrons. The van der Waals surface area contributed by atoms with Gasteiger partial charge in [-0.05, 0) is 39.6 Å². The number of carbonyl (C=O) groups excluding carboxylic acids is 1. The molecule has 0 N–H and O–H groups in total. The summed E-state index contributed by atoms with van der Waals surface area (Å²) < 4.78 is 10.9. The van der Waals surface area contributed by atoms with Crippen LogP contribution in [0.4, 0.5) is 0 Å². The van der Waals surface area contributed by atoms with E-state index in [2.05, 4.69) is 11.8 Å². The first-order valence-electron chi connectivity index (χ1n) is 6.11. The zero-order valence-electron chi connectivity index (χ0n) is 11.8. The van der Waals surface area contributed by atoms with Crippen molar-refractivity contribution in [2.45, 2.75) is 19.4 Å². The van der Waals surface area contributed by atoms with E-state index in [4.69, 9.17) is 21.1 Å². The van der Waals surface area contributed by atoms with Gasteiger partial charge in [-0.15, -0.1) is 0 Å². The molecule has 5 heteroatoms. The van der Waals surface area contributed by atoms with Crippen molar-refractivity contribution in [1.82, 2.24) is 4.90 Å². The van der Waals surface area contributed by atoms with Crippen LogP contribution >= 0.6 is 11.6 Å². The van der Waals surface area contributed by atoms with Crippen molar-refractivity contribution in [1.29, 1.82) is 0 Å². The summed E-state index contributed by atoms with van der Waals surface area (Å²) in [7, 11) is 5.57. The van der Waals surface area contributed by atoms with E-state index >= 15 is 0 Å². The van der Waals surface area contributed by atoms with Crippen LogP contribution in [0.25, 0.3) is 0 Å². The van der Waals surface area contributed by atoms with E-state index in [0.29, 0.717) is 34.7 Å². The van der Waals surface area contributed by atoms with Crippen LogP contribution in [-0.4, -0.2) is 45.0 Å². The van der Waals surface area contributed by atoms with Gasteiger partial charge in [0.1, 0.15) is 6.29 Å². The van der Waals surface area contributed by atoms with Crippen LogP contribution in [0.5, 0.6) is 11.5 Å². The molecule has 0 heterocycles. The third kappa shape index (κ3) is 4.40. The Hall–Kier alpha value is -1.26. The second kappa shape index (κ2) is 7.36. The molecule has 0 saturated carbocycles.